The number of nitrogens with zero attached hydrogens (tertiary/aromatic N) is 5. The normalized spacial score (nSPS) is 22.2. The highest BCUT2D eigenvalue weighted by Crippen LogP contribution is 2.54. The number of carbonyl (C=O) groups excluding carboxylic acids is 5. The summed E-state index contributed by atoms with van der Waals surface area (Å²) >= 11 is 1.57. The molecule has 4 N–H and O–H groups in total. The Labute approximate surface area is 449 Å². The number of fused-ring (bicyclic) bond motifs is 13. The number of thiazole rings is 1. The van der Waals surface area contributed by atoms with Crippen LogP contribution in [-0.4, -0.2) is 136 Å². The number of carbonyl (C=O) groups is 5. The van der Waals surface area contributed by atoms with E-state index in [1.165, 1.54) is 4.90 Å². The largest absolute Gasteiger partial charge is 0.391 e. The summed E-state index contributed by atoms with van der Waals surface area (Å²) in [7, 11) is 3.47. The molecule has 7 heterocycles. The van der Waals surface area contributed by atoms with Gasteiger partial charge in [-0.3, -0.25) is 24.0 Å². The molecule has 2 bridgehead atoms. The number of nitrogens with one attached hydrogen (secondary N) is 3. The van der Waals surface area contributed by atoms with Gasteiger partial charge in [-0.15, -0.1) is 11.3 Å². The molecular formula is C58H66N8O10S. The number of aliphatic hydroxyl groups excluding tert-OH is 1. The number of aryl methyl sites for hydroxylation is 1. The van der Waals surface area contributed by atoms with E-state index in [9.17, 15) is 29.1 Å². The molecule has 5 amide bonds. The van der Waals surface area contributed by atoms with Crippen LogP contribution in [0.5, 0.6) is 0 Å². The van der Waals surface area contributed by atoms with Crippen molar-refractivity contribution in [1.29, 1.82) is 0 Å². The van der Waals surface area contributed by atoms with Gasteiger partial charge >= 0.3 is 0 Å². The van der Waals surface area contributed by atoms with Gasteiger partial charge < -0.3 is 58.9 Å². The van der Waals surface area contributed by atoms with Gasteiger partial charge in [-0.05, 0) is 48.1 Å². The van der Waals surface area contributed by atoms with Gasteiger partial charge in [0.05, 0.1) is 88.7 Å². The number of likely N-dealkylation sites (tertiary alicyclic amines) is 1. The highest BCUT2D eigenvalue weighted by molar-refractivity contribution is 7.13. The molecule has 0 saturated carbocycles. The molecule has 18 nitrogen and oxygen atoms in total. The fourth-order valence-electron chi connectivity index (χ4n) is 12.4. The van der Waals surface area contributed by atoms with Gasteiger partial charge in [-0.25, -0.2) is 4.98 Å². The van der Waals surface area contributed by atoms with Gasteiger partial charge in [-0.1, -0.05) is 81.4 Å². The minimum absolute atomic E-state index is 0.0277. The third kappa shape index (κ3) is 9.13. The van der Waals surface area contributed by atoms with Gasteiger partial charge in [-0.2, -0.15) is 0 Å². The molecule has 0 spiro atoms. The van der Waals surface area contributed by atoms with Crippen LogP contribution in [0, 0.1) is 12.3 Å². The van der Waals surface area contributed by atoms with Gasteiger partial charge in [0.2, 0.25) is 23.6 Å². The minimum atomic E-state index is -1.08. The van der Waals surface area contributed by atoms with E-state index < -0.39 is 59.5 Å². The van der Waals surface area contributed by atoms with E-state index in [2.05, 4.69) is 54.3 Å². The number of likely N-dealkylation sites (N-methyl/N-ethyl adjacent to an activating group) is 1. The zero-order valence-electron chi connectivity index (χ0n) is 44.5. The lowest BCUT2D eigenvalue weighted by atomic mass is 9.85. The zero-order valence-corrected chi connectivity index (χ0v) is 45.3. The molecule has 4 aromatic carbocycles. The van der Waals surface area contributed by atoms with Gasteiger partial charge in [0.15, 0.2) is 5.72 Å². The molecule has 0 unspecified atom stereocenters. The summed E-state index contributed by atoms with van der Waals surface area (Å²) in [6, 6.07) is 21.9. The van der Waals surface area contributed by atoms with Crippen molar-refractivity contribution in [3.05, 3.63) is 101 Å². The van der Waals surface area contributed by atoms with Crippen molar-refractivity contribution < 1.29 is 48.0 Å². The van der Waals surface area contributed by atoms with Crippen LogP contribution < -0.4 is 16.0 Å². The third-order valence-electron chi connectivity index (χ3n) is 16.1. The van der Waals surface area contributed by atoms with E-state index in [0.717, 1.165) is 70.9 Å². The smallest absolute Gasteiger partial charge is 0.252 e. The number of amides is 5. The standard InChI is InChI=1S/C58H66N8O10S/c1-32-51(77-31-61-32)34-18-16-33(17-19-34)28-59-54(70)42-26-35(67)30-64(42)56(72)52(57(2,3)4)62-43(68)20-22-74-24-25-75-23-21-44(69)63(6)41-27-45-65-39-14-10-8-12-36(39)47-48-38(29-60-55(48)71)46-37-13-9-11-15-40(37)66(50(46)49(47)65)58(5,76-45)53(41)73-7/h8-19,31,35,41-42,45,52-53,67H,20-30H2,1-7H3,(H,59,70)(H,60,71)(H,62,68)/t35-,41-,42+,45-,52-,53-,58+/m1/s1. The molecule has 0 aliphatic carbocycles. The van der Waals surface area contributed by atoms with Crippen molar-refractivity contribution in [2.24, 2.45) is 5.41 Å². The first-order valence-corrected chi connectivity index (χ1v) is 27.3. The Kier molecular flexibility index (Phi) is 14.0. The van der Waals surface area contributed by atoms with Crippen LogP contribution in [0.3, 0.4) is 0 Å². The molecule has 0 radical (unpaired) electrons. The van der Waals surface area contributed by atoms with Gasteiger partial charge in [0.1, 0.15) is 24.4 Å². The van der Waals surface area contributed by atoms with E-state index in [1.54, 1.807) is 23.3 Å². The van der Waals surface area contributed by atoms with Crippen molar-refractivity contribution in [2.75, 3.05) is 47.1 Å². The van der Waals surface area contributed by atoms with Crippen LogP contribution in [0.4, 0.5) is 0 Å². The topological polar surface area (TPSA) is 208 Å². The minimum Gasteiger partial charge on any atom is -0.391 e. The molecule has 4 aliphatic heterocycles. The average molecular weight is 1070 g/mol. The highest BCUT2D eigenvalue weighted by atomic mass is 32.1. The van der Waals surface area contributed by atoms with Crippen molar-refractivity contribution in [3.63, 3.8) is 0 Å². The number of hydrogen-bond acceptors (Lipinski definition) is 12. The van der Waals surface area contributed by atoms with E-state index in [-0.39, 0.29) is 76.5 Å². The Bertz CT molecular complexity index is 3470. The van der Waals surface area contributed by atoms with Crippen LogP contribution in [0.1, 0.15) is 86.8 Å². The highest BCUT2D eigenvalue weighted by Gasteiger charge is 2.55. The second kappa shape index (κ2) is 20.6. The van der Waals surface area contributed by atoms with Crippen LogP contribution >= 0.6 is 11.3 Å². The second-order valence-electron chi connectivity index (χ2n) is 22.0. The molecule has 11 rings (SSSR count). The summed E-state index contributed by atoms with van der Waals surface area (Å²) in [6.07, 6.45) is -1.41. The first-order valence-electron chi connectivity index (χ1n) is 26.5. The van der Waals surface area contributed by atoms with Crippen molar-refractivity contribution in [3.8, 4) is 10.4 Å². The Morgan fingerprint density at radius 3 is 2.31 bits per heavy atom. The van der Waals surface area contributed by atoms with Crippen molar-refractivity contribution in [1.82, 2.24) is 39.9 Å². The fraction of sp³-hybridized carbons (Fsp3) is 0.448. The van der Waals surface area contributed by atoms with Crippen LogP contribution in [0.25, 0.3) is 54.1 Å². The maximum atomic E-state index is 14.2. The molecule has 4 aliphatic rings. The van der Waals surface area contributed by atoms with Crippen LogP contribution in [-0.2, 0) is 56.9 Å². The number of β-amino-alcohol motifs (C(OH)–C–C–N with tert-alkyl or cyclic N) is 1. The zero-order chi connectivity index (χ0) is 54.1. The van der Waals surface area contributed by atoms with E-state index >= 15 is 0 Å². The molecule has 7 aromatic rings. The third-order valence-corrected chi connectivity index (χ3v) is 17.1. The summed E-state index contributed by atoms with van der Waals surface area (Å²) in [5.74, 6) is -1.44. The Morgan fingerprint density at radius 2 is 1.62 bits per heavy atom. The number of aliphatic hydroxyl groups is 1. The van der Waals surface area contributed by atoms with Crippen molar-refractivity contribution >= 4 is 84.5 Å². The molecule has 2 fully saturated rings. The SMILES string of the molecule is CO[C@@H]1[C@H](N(C)C(=O)CCOCCOCCC(=O)N[C@H](C(=O)N2C[C@H](O)C[C@H]2C(=O)NCc2ccc(-c3scnc3C)cc2)C(C)(C)C)C[C@H]2O[C@]1(C)n1c3ccccc3c3c4c(c5c6ccccc6n2c5c31)C(=O)NC4. The predicted molar refractivity (Wildman–Crippen MR) is 292 cm³/mol. The summed E-state index contributed by atoms with van der Waals surface area (Å²) in [5.41, 5.74) is 8.36. The number of rotatable bonds is 17. The average Bonchev–Trinajstić information content (AvgIpc) is 3.76. The lowest BCUT2D eigenvalue weighted by molar-refractivity contribution is -0.266. The van der Waals surface area contributed by atoms with Gasteiger partial charge in [0, 0.05) is 74.6 Å². The first kappa shape index (κ1) is 52.3. The molecule has 3 aromatic heterocycles. The monoisotopic (exact) mass is 1070 g/mol. The number of hydrogen-bond donors (Lipinski definition) is 4. The molecular weight excluding hydrogens is 1000 g/mol. The quantitative estimate of drug-likeness (QED) is 0.0711. The molecule has 19 heteroatoms. The number of para-hydroxylation sites is 2. The lowest BCUT2D eigenvalue weighted by Gasteiger charge is -2.50. The molecule has 77 heavy (non-hydrogen) atoms. The summed E-state index contributed by atoms with van der Waals surface area (Å²) in [4.78, 5) is 77.5. The van der Waals surface area contributed by atoms with Gasteiger partial charge in [0.25, 0.3) is 5.91 Å². The summed E-state index contributed by atoms with van der Waals surface area (Å²) in [6.45, 7) is 10.7. The Hall–Kier alpha value is -6.74. The summed E-state index contributed by atoms with van der Waals surface area (Å²) in [5, 5.41) is 23.5. The van der Waals surface area contributed by atoms with Crippen LogP contribution in [0.15, 0.2) is 78.3 Å². The molecule has 2 saturated heterocycles. The number of methoxy groups -OCH3 is 1. The maximum Gasteiger partial charge on any atom is 0.252 e. The maximum absolute atomic E-state index is 14.2. The predicted octanol–water partition coefficient (Wildman–Crippen LogP) is 6.65. The lowest BCUT2D eigenvalue weighted by Crippen LogP contribution is -2.61. The van der Waals surface area contributed by atoms with Crippen LogP contribution in [0.2, 0.25) is 0 Å². The number of benzene rings is 4. The molecule has 7 atom stereocenters. The number of ether oxygens (including phenoxy) is 4. The molecule has 404 valence electrons. The second-order valence-corrected chi connectivity index (χ2v) is 22.8. The summed E-state index contributed by atoms with van der Waals surface area (Å²) < 4.78 is 29.8. The Morgan fingerprint density at radius 1 is 0.935 bits per heavy atom. The first-order chi connectivity index (χ1) is 37.0. The van der Waals surface area contributed by atoms with E-state index in [0.29, 0.717) is 18.5 Å². The number of aromatic nitrogens is 3. The Balaban J connectivity index is 0.683. The van der Waals surface area contributed by atoms with Crippen molar-refractivity contribution in [2.45, 2.75) is 116 Å². The fourth-order valence-corrected chi connectivity index (χ4v) is 13.2. The van der Waals surface area contributed by atoms with E-state index in [1.807, 2.05) is 95.7 Å². The van der Waals surface area contributed by atoms with E-state index in [4.69, 9.17) is 18.9 Å².